The van der Waals surface area contributed by atoms with Gasteiger partial charge in [0.15, 0.2) is 0 Å². The Balaban J connectivity index is 1.77. The largest absolute Gasteiger partial charge is 0.493 e. The molecule has 1 fully saturated rings. The molecule has 0 unspecified atom stereocenters. The van der Waals surface area contributed by atoms with Crippen LogP contribution in [0.1, 0.15) is 24.8 Å². The number of rotatable bonds is 4. The van der Waals surface area contributed by atoms with Crippen LogP contribution in [0, 0.1) is 12.8 Å². The smallest absolute Gasteiger partial charge is 0.122 e. The van der Waals surface area contributed by atoms with Crippen molar-refractivity contribution in [3.8, 4) is 5.75 Å². The zero-order valence-electron chi connectivity index (χ0n) is 10.3. The van der Waals surface area contributed by atoms with Crippen molar-refractivity contribution in [2.45, 2.75) is 26.2 Å². The Labute approximate surface area is 108 Å². The van der Waals surface area contributed by atoms with E-state index >= 15 is 0 Å². The molecule has 1 aromatic carbocycles. The lowest BCUT2D eigenvalue weighted by atomic mass is 9.95. The van der Waals surface area contributed by atoms with Gasteiger partial charge in [-0.25, -0.2) is 0 Å². The van der Waals surface area contributed by atoms with Gasteiger partial charge in [-0.1, -0.05) is 11.6 Å². The molecule has 0 spiro atoms. The van der Waals surface area contributed by atoms with Gasteiger partial charge in [0.1, 0.15) is 5.75 Å². The van der Waals surface area contributed by atoms with Gasteiger partial charge in [-0.2, -0.15) is 0 Å². The summed E-state index contributed by atoms with van der Waals surface area (Å²) in [6, 6.07) is 5.79. The van der Waals surface area contributed by atoms with Gasteiger partial charge in [-0.05, 0) is 69.0 Å². The Morgan fingerprint density at radius 1 is 1.35 bits per heavy atom. The molecule has 1 heterocycles. The van der Waals surface area contributed by atoms with Gasteiger partial charge in [-0.3, -0.25) is 0 Å². The first-order chi connectivity index (χ1) is 8.25. The minimum atomic E-state index is 0.771. The molecule has 0 atom stereocenters. The summed E-state index contributed by atoms with van der Waals surface area (Å²) in [5.41, 5.74) is 1.11. The molecule has 2 rings (SSSR count). The van der Waals surface area contributed by atoms with Gasteiger partial charge in [-0.15, -0.1) is 0 Å². The molecule has 0 aliphatic carbocycles. The molecule has 1 aromatic rings. The molecular weight excluding hydrogens is 234 g/mol. The minimum absolute atomic E-state index is 0.771. The third-order valence-corrected chi connectivity index (χ3v) is 3.61. The summed E-state index contributed by atoms with van der Waals surface area (Å²) in [5, 5.41) is 4.15. The predicted octanol–water partition coefficient (Wildman–Crippen LogP) is 3.42. The van der Waals surface area contributed by atoms with Crippen LogP contribution in [0.5, 0.6) is 5.75 Å². The molecule has 0 radical (unpaired) electrons. The molecule has 94 valence electrons. The van der Waals surface area contributed by atoms with E-state index in [2.05, 4.69) is 5.32 Å². The van der Waals surface area contributed by atoms with Crippen molar-refractivity contribution in [1.29, 1.82) is 0 Å². The molecule has 1 saturated heterocycles. The van der Waals surface area contributed by atoms with Crippen LogP contribution in [0.3, 0.4) is 0 Å². The van der Waals surface area contributed by atoms with Gasteiger partial charge < -0.3 is 10.1 Å². The maximum Gasteiger partial charge on any atom is 0.122 e. The summed E-state index contributed by atoms with van der Waals surface area (Å²) in [6.45, 7) is 5.16. The van der Waals surface area contributed by atoms with Crippen molar-refractivity contribution in [1.82, 2.24) is 5.32 Å². The van der Waals surface area contributed by atoms with E-state index in [0.717, 1.165) is 48.4 Å². The van der Waals surface area contributed by atoms with Gasteiger partial charge in [0.05, 0.1) is 6.61 Å². The number of hydrogen-bond acceptors (Lipinski definition) is 2. The van der Waals surface area contributed by atoms with Crippen LogP contribution >= 0.6 is 11.6 Å². The Morgan fingerprint density at radius 2 is 2.12 bits per heavy atom. The van der Waals surface area contributed by atoms with Crippen LogP contribution in [0.4, 0.5) is 0 Å². The highest BCUT2D eigenvalue weighted by Crippen LogP contribution is 2.23. The second-order valence-corrected chi connectivity index (χ2v) is 5.18. The molecule has 0 saturated carbocycles. The summed E-state index contributed by atoms with van der Waals surface area (Å²) in [5.74, 6) is 1.78. The van der Waals surface area contributed by atoms with E-state index in [9.17, 15) is 0 Å². The summed E-state index contributed by atoms with van der Waals surface area (Å²) < 4.78 is 5.82. The molecule has 1 aliphatic heterocycles. The first kappa shape index (κ1) is 12.7. The van der Waals surface area contributed by atoms with Crippen molar-refractivity contribution in [3.63, 3.8) is 0 Å². The van der Waals surface area contributed by atoms with Crippen molar-refractivity contribution < 1.29 is 4.74 Å². The molecule has 2 nitrogen and oxygen atoms in total. The van der Waals surface area contributed by atoms with Crippen LogP contribution in [-0.2, 0) is 0 Å². The fraction of sp³-hybridized carbons (Fsp3) is 0.571. The minimum Gasteiger partial charge on any atom is -0.493 e. The lowest BCUT2D eigenvalue weighted by Crippen LogP contribution is -2.28. The predicted molar refractivity (Wildman–Crippen MR) is 71.9 cm³/mol. The summed E-state index contributed by atoms with van der Waals surface area (Å²) >= 11 is 5.91. The lowest BCUT2D eigenvalue weighted by molar-refractivity contribution is 0.251. The second kappa shape index (κ2) is 6.27. The topological polar surface area (TPSA) is 21.3 Å². The number of nitrogens with one attached hydrogen (secondary N) is 1. The van der Waals surface area contributed by atoms with Gasteiger partial charge in [0.25, 0.3) is 0 Å². The van der Waals surface area contributed by atoms with E-state index < -0.39 is 0 Å². The highest BCUT2D eigenvalue weighted by atomic mass is 35.5. The maximum atomic E-state index is 5.91. The van der Waals surface area contributed by atoms with Crippen molar-refractivity contribution in [2.24, 2.45) is 5.92 Å². The molecule has 1 N–H and O–H groups in total. The SMILES string of the molecule is Cc1cc(Cl)ccc1OCCC1CCNCC1. The van der Waals surface area contributed by atoms with E-state index in [1.54, 1.807) is 0 Å². The Bertz CT molecular complexity index is 361. The molecule has 0 amide bonds. The number of ether oxygens (including phenoxy) is 1. The van der Waals surface area contributed by atoms with Crippen LogP contribution in [0.25, 0.3) is 0 Å². The second-order valence-electron chi connectivity index (χ2n) is 4.74. The Kier molecular flexibility index (Phi) is 4.69. The zero-order valence-corrected chi connectivity index (χ0v) is 11.1. The average molecular weight is 254 g/mol. The van der Waals surface area contributed by atoms with Gasteiger partial charge in [0.2, 0.25) is 0 Å². The molecular formula is C14H20ClNO. The van der Waals surface area contributed by atoms with E-state index in [0.29, 0.717) is 0 Å². The zero-order chi connectivity index (χ0) is 12.1. The monoisotopic (exact) mass is 253 g/mol. The fourth-order valence-corrected chi connectivity index (χ4v) is 2.51. The third-order valence-electron chi connectivity index (χ3n) is 3.38. The molecule has 17 heavy (non-hydrogen) atoms. The molecule has 1 aliphatic rings. The fourth-order valence-electron chi connectivity index (χ4n) is 2.28. The van der Waals surface area contributed by atoms with E-state index in [1.807, 2.05) is 25.1 Å². The number of halogens is 1. The van der Waals surface area contributed by atoms with Crippen LogP contribution in [0.2, 0.25) is 5.02 Å². The normalized spacial score (nSPS) is 17.1. The van der Waals surface area contributed by atoms with E-state index in [4.69, 9.17) is 16.3 Å². The highest BCUT2D eigenvalue weighted by Gasteiger charge is 2.12. The molecule has 0 aromatic heterocycles. The average Bonchev–Trinajstić information content (AvgIpc) is 2.33. The van der Waals surface area contributed by atoms with Crippen molar-refractivity contribution in [3.05, 3.63) is 28.8 Å². The molecule has 0 bridgehead atoms. The third kappa shape index (κ3) is 3.90. The maximum absolute atomic E-state index is 5.91. The number of aryl methyl sites for hydroxylation is 1. The lowest BCUT2D eigenvalue weighted by Gasteiger charge is -2.22. The first-order valence-electron chi connectivity index (χ1n) is 6.35. The summed E-state index contributed by atoms with van der Waals surface area (Å²) in [7, 11) is 0. The van der Waals surface area contributed by atoms with Crippen LogP contribution < -0.4 is 10.1 Å². The van der Waals surface area contributed by atoms with Crippen molar-refractivity contribution in [2.75, 3.05) is 19.7 Å². The van der Waals surface area contributed by atoms with E-state index in [-0.39, 0.29) is 0 Å². The van der Waals surface area contributed by atoms with Gasteiger partial charge >= 0.3 is 0 Å². The number of benzene rings is 1. The van der Waals surface area contributed by atoms with Gasteiger partial charge in [0, 0.05) is 5.02 Å². The Morgan fingerprint density at radius 3 is 2.82 bits per heavy atom. The van der Waals surface area contributed by atoms with Crippen LogP contribution in [-0.4, -0.2) is 19.7 Å². The molecule has 3 heteroatoms. The van der Waals surface area contributed by atoms with E-state index in [1.165, 1.54) is 12.8 Å². The summed E-state index contributed by atoms with van der Waals surface area (Å²) in [4.78, 5) is 0. The van der Waals surface area contributed by atoms with Crippen molar-refractivity contribution >= 4 is 11.6 Å². The first-order valence-corrected chi connectivity index (χ1v) is 6.73. The highest BCUT2D eigenvalue weighted by molar-refractivity contribution is 6.30. The standard InChI is InChI=1S/C14H20ClNO/c1-11-10-13(15)2-3-14(11)17-9-6-12-4-7-16-8-5-12/h2-3,10,12,16H,4-9H2,1H3. The number of piperidine rings is 1. The van der Waals surface area contributed by atoms with Crippen LogP contribution in [0.15, 0.2) is 18.2 Å². The quantitative estimate of drug-likeness (QED) is 0.888. The Hall–Kier alpha value is -0.730. The summed E-state index contributed by atoms with van der Waals surface area (Å²) in [6.07, 6.45) is 3.72. The number of hydrogen-bond donors (Lipinski definition) is 1.